The van der Waals surface area contributed by atoms with E-state index in [0.717, 1.165) is 42.9 Å². The first kappa shape index (κ1) is 18.7. The number of thioether (sulfide) groups is 1. The summed E-state index contributed by atoms with van der Waals surface area (Å²) in [7, 11) is 0. The summed E-state index contributed by atoms with van der Waals surface area (Å²) >= 11 is 2.90. The van der Waals surface area contributed by atoms with Gasteiger partial charge < -0.3 is 10.3 Å². The van der Waals surface area contributed by atoms with E-state index in [2.05, 4.69) is 20.5 Å². The minimum absolute atomic E-state index is 0.101. The van der Waals surface area contributed by atoms with Crippen molar-refractivity contribution in [2.45, 2.75) is 30.4 Å². The molecule has 2 aromatic heterocycles. The molecule has 0 fully saturated rings. The zero-order valence-corrected chi connectivity index (χ0v) is 17.4. The third-order valence-corrected chi connectivity index (χ3v) is 6.60. The fourth-order valence-electron chi connectivity index (χ4n) is 3.14. The lowest BCUT2D eigenvalue weighted by Crippen LogP contribution is -2.14. The van der Waals surface area contributed by atoms with E-state index >= 15 is 0 Å². The maximum absolute atomic E-state index is 13.1. The Labute approximate surface area is 171 Å². The molecule has 142 valence electrons. The monoisotopic (exact) mass is 408 g/mol. The summed E-state index contributed by atoms with van der Waals surface area (Å²) in [5.74, 6) is 0.101. The molecule has 0 saturated carbocycles. The Bertz CT molecular complexity index is 1150. The fraction of sp³-hybridized carbons (Fsp3) is 0.190. The smallest absolute Gasteiger partial charge is 0.210 e. The van der Waals surface area contributed by atoms with Crippen molar-refractivity contribution in [3.63, 3.8) is 0 Å². The molecule has 28 heavy (non-hydrogen) atoms. The molecule has 7 heteroatoms. The highest BCUT2D eigenvalue weighted by Gasteiger charge is 2.23. The van der Waals surface area contributed by atoms with Crippen LogP contribution in [0.1, 0.15) is 28.5 Å². The molecular formula is C21H20N4OS2. The Morgan fingerprint density at radius 3 is 2.68 bits per heavy atom. The zero-order valence-electron chi connectivity index (χ0n) is 15.8. The molecule has 0 saturated heterocycles. The van der Waals surface area contributed by atoms with Crippen molar-refractivity contribution < 1.29 is 4.79 Å². The van der Waals surface area contributed by atoms with Gasteiger partial charge in [-0.15, -0.1) is 10.2 Å². The van der Waals surface area contributed by atoms with E-state index in [4.69, 9.17) is 0 Å². The van der Waals surface area contributed by atoms with Crippen LogP contribution >= 0.6 is 23.1 Å². The van der Waals surface area contributed by atoms with Gasteiger partial charge in [-0.2, -0.15) is 0 Å². The van der Waals surface area contributed by atoms with Crippen LogP contribution in [0.15, 0.2) is 52.9 Å². The van der Waals surface area contributed by atoms with E-state index in [9.17, 15) is 4.79 Å². The van der Waals surface area contributed by atoms with Crippen LogP contribution in [0.4, 0.5) is 10.8 Å². The van der Waals surface area contributed by atoms with Crippen molar-refractivity contribution in [1.82, 2.24) is 15.2 Å². The van der Waals surface area contributed by atoms with Gasteiger partial charge in [0.15, 0.2) is 10.1 Å². The van der Waals surface area contributed by atoms with E-state index in [-0.39, 0.29) is 11.0 Å². The summed E-state index contributed by atoms with van der Waals surface area (Å²) in [5, 5.41) is 13.2. The number of ketones is 1. The van der Waals surface area contributed by atoms with Gasteiger partial charge in [0.05, 0.1) is 5.25 Å². The number of anilines is 2. The number of hydrogen-bond donors (Lipinski definition) is 2. The number of aromatic nitrogens is 3. The number of nitrogens with one attached hydrogen (secondary N) is 2. The zero-order chi connectivity index (χ0) is 19.7. The molecule has 2 N–H and O–H groups in total. The van der Waals surface area contributed by atoms with E-state index in [1.54, 1.807) is 0 Å². The first-order valence-electron chi connectivity index (χ1n) is 8.97. The average molecular weight is 409 g/mol. The Hall–Kier alpha value is -2.64. The molecule has 4 rings (SSSR count). The molecule has 0 spiro atoms. The van der Waals surface area contributed by atoms with Gasteiger partial charge in [0.1, 0.15) is 0 Å². The van der Waals surface area contributed by atoms with Crippen LogP contribution in [-0.2, 0) is 0 Å². The van der Waals surface area contributed by atoms with Crippen molar-refractivity contribution >= 4 is 50.6 Å². The minimum Gasteiger partial charge on any atom is -0.358 e. The Morgan fingerprint density at radius 2 is 1.86 bits per heavy atom. The number of fused-ring (bicyclic) bond motifs is 1. The highest BCUT2D eigenvalue weighted by Crippen LogP contribution is 2.33. The third-order valence-electron chi connectivity index (χ3n) is 4.58. The number of aromatic amines is 1. The van der Waals surface area contributed by atoms with Crippen LogP contribution in [0.5, 0.6) is 0 Å². The maximum atomic E-state index is 13.1. The van der Waals surface area contributed by atoms with Crippen molar-refractivity contribution in [3.8, 4) is 0 Å². The second-order valence-electron chi connectivity index (χ2n) is 6.61. The van der Waals surface area contributed by atoms with Crippen LogP contribution in [0, 0.1) is 13.8 Å². The molecule has 0 bridgehead atoms. The number of Topliss-reactive ketones (excluding diaryl/α,β-unsaturated/α-hetero) is 1. The average Bonchev–Trinajstić information content (AvgIpc) is 3.26. The molecule has 0 aliphatic rings. The summed E-state index contributed by atoms with van der Waals surface area (Å²) in [4.78, 5) is 16.4. The van der Waals surface area contributed by atoms with Crippen LogP contribution in [-0.4, -0.2) is 26.2 Å². The molecule has 4 aromatic rings. The highest BCUT2D eigenvalue weighted by atomic mass is 32.2. The topological polar surface area (TPSA) is 70.7 Å². The SMILES string of the molecule is Cc1ccccc1Nc1nnc(S[C@H](C)C(=O)c2c(C)[nH]c3ccccc23)s1. The van der Waals surface area contributed by atoms with E-state index in [1.807, 2.05) is 69.3 Å². The lowest BCUT2D eigenvalue weighted by Gasteiger charge is -2.08. The number of hydrogen-bond acceptors (Lipinski definition) is 6. The number of carbonyl (C=O) groups excluding carboxylic acids is 1. The number of H-pyrrole nitrogens is 1. The summed E-state index contributed by atoms with van der Waals surface area (Å²) < 4.78 is 0.773. The van der Waals surface area contributed by atoms with Gasteiger partial charge in [-0.05, 0) is 38.5 Å². The highest BCUT2D eigenvalue weighted by molar-refractivity contribution is 8.02. The van der Waals surface area contributed by atoms with Gasteiger partial charge in [-0.25, -0.2) is 0 Å². The molecule has 0 unspecified atom stereocenters. The van der Waals surface area contributed by atoms with E-state index in [0.29, 0.717) is 0 Å². The molecule has 0 amide bonds. The number of carbonyl (C=O) groups is 1. The van der Waals surface area contributed by atoms with Gasteiger partial charge in [0.2, 0.25) is 5.13 Å². The second-order valence-corrected chi connectivity index (χ2v) is 9.17. The number of nitrogens with zero attached hydrogens (tertiary/aromatic N) is 2. The lowest BCUT2D eigenvalue weighted by molar-refractivity contribution is 0.0995. The van der Waals surface area contributed by atoms with Crippen molar-refractivity contribution in [3.05, 3.63) is 65.4 Å². The molecule has 1 atom stereocenters. The number of benzene rings is 2. The number of para-hydroxylation sites is 2. The first-order chi connectivity index (χ1) is 13.5. The molecule has 0 aliphatic carbocycles. The predicted octanol–water partition coefficient (Wildman–Crippen LogP) is 5.74. The van der Waals surface area contributed by atoms with Crippen molar-refractivity contribution in [1.29, 1.82) is 0 Å². The predicted molar refractivity (Wildman–Crippen MR) is 117 cm³/mol. The largest absolute Gasteiger partial charge is 0.358 e. The maximum Gasteiger partial charge on any atom is 0.210 e. The number of aryl methyl sites for hydroxylation is 2. The van der Waals surface area contributed by atoms with Crippen LogP contribution in [0.2, 0.25) is 0 Å². The van der Waals surface area contributed by atoms with Gasteiger partial charge in [-0.3, -0.25) is 4.79 Å². The summed E-state index contributed by atoms with van der Waals surface area (Å²) in [6, 6.07) is 15.9. The molecule has 0 aliphatic heterocycles. The van der Waals surface area contributed by atoms with Gasteiger partial charge in [0, 0.05) is 27.8 Å². The van der Waals surface area contributed by atoms with Crippen molar-refractivity contribution in [2.75, 3.05) is 5.32 Å². The van der Waals surface area contributed by atoms with Crippen molar-refractivity contribution in [2.24, 2.45) is 0 Å². The van der Waals surface area contributed by atoms with Gasteiger partial charge in [0.25, 0.3) is 0 Å². The van der Waals surface area contributed by atoms with Gasteiger partial charge >= 0.3 is 0 Å². The summed E-state index contributed by atoms with van der Waals surface area (Å²) in [5.41, 5.74) is 4.80. The Kier molecular flexibility index (Phi) is 5.19. The molecule has 2 heterocycles. The third kappa shape index (κ3) is 3.68. The Morgan fingerprint density at radius 1 is 1.11 bits per heavy atom. The number of rotatable bonds is 6. The van der Waals surface area contributed by atoms with Crippen LogP contribution < -0.4 is 5.32 Å². The normalized spacial score (nSPS) is 12.2. The first-order valence-corrected chi connectivity index (χ1v) is 10.7. The summed E-state index contributed by atoms with van der Waals surface area (Å²) in [6.07, 6.45) is 0. The van der Waals surface area contributed by atoms with E-state index in [1.165, 1.54) is 23.1 Å². The quantitative estimate of drug-likeness (QED) is 0.314. The minimum atomic E-state index is -0.253. The molecular weight excluding hydrogens is 388 g/mol. The summed E-state index contributed by atoms with van der Waals surface area (Å²) in [6.45, 7) is 5.91. The second kappa shape index (κ2) is 7.77. The molecule has 2 aromatic carbocycles. The van der Waals surface area contributed by atoms with Crippen LogP contribution in [0.3, 0.4) is 0 Å². The van der Waals surface area contributed by atoms with Gasteiger partial charge in [-0.1, -0.05) is 59.5 Å². The standard InChI is InChI=1S/C21H20N4OS2/c1-12-8-4-6-10-16(12)23-20-24-25-21(28-20)27-14(3)19(26)18-13(2)22-17-11-7-5-9-15(17)18/h4-11,14,22H,1-3H3,(H,23,24)/t14-/m1/s1. The molecule has 0 radical (unpaired) electrons. The molecule has 5 nitrogen and oxygen atoms in total. The lowest BCUT2D eigenvalue weighted by atomic mass is 10.1. The van der Waals surface area contributed by atoms with E-state index < -0.39 is 0 Å². The fourth-order valence-corrected chi connectivity index (χ4v) is 5.11. The van der Waals surface area contributed by atoms with Crippen LogP contribution in [0.25, 0.3) is 10.9 Å². The Balaban J connectivity index is 1.50.